The Hall–Kier alpha value is -3.80. The number of fused-ring (bicyclic) bond motifs is 1. The van der Waals surface area contributed by atoms with Gasteiger partial charge in [0.15, 0.2) is 46.0 Å². The van der Waals surface area contributed by atoms with Gasteiger partial charge in [0.25, 0.3) is 0 Å². The van der Waals surface area contributed by atoms with Gasteiger partial charge in [0.1, 0.15) is 4.47 Å². The highest BCUT2D eigenvalue weighted by Gasteiger charge is 2.33. The van der Waals surface area contributed by atoms with E-state index in [1.807, 2.05) is 0 Å². The Balaban J connectivity index is 2.73. The second kappa shape index (κ2) is 5.85. The van der Waals surface area contributed by atoms with Crippen LogP contribution in [0.1, 0.15) is 0 Å². The molecule has 3 aromatic rings. The van der Waals surface area contributed by atoms with Crippen LogP contribution in [0.2, 0.25) is 0 Å². The van der Waals surface area contributed by atoms with Crippen molar-refractivity contribution in [2.45, 2.75) is 0 Å². The second-order valence-electron chi connectivity index (χ2n) is 5.65. The summed E-state index contributed by atoms with van der Waals surface area (Å²) < 4.78 is -0.536. The number of aromatic hydroxyl groups is 11. The van der Waals surface area contributed by atoms with Gasteiger partial charge < -0.3 is 56.2 Å². The molecule has 0 heterocycles. The molecule has 28 heavy (non-hydrogen) atoms. The average molecular weight is 459 g/mol. The van der Waals surface area contributed by atoms with Crippen LogP contribution in [0.25, 0.3) is 21.9 Å². The Kier molecular flexibility index (Phi) is 3.97. The first-order valence-electron chi connectivity index (χ1n) is 7.15. The Morgan fingerprint density at radius 1 is 0.321 bits per heavy atom. The van der Waals surface area contributed by atoms with Crippen molar-refractivity contribution in [2.24, 2.45) is 0 Å². The molecule has 148 valence electrons. The maximum atomic E-state index is 10.3. The fraction of sp³-hybridized carbons (Fsp3) is 0. The van der Waals surface area contributed by atoms with Crippen LogP contribution in [-0.2, 0) is 0 Å². The molecule has 12 heteroatoms. The molecule has 0 amide bonds. The third kappa shape index (κ3) is 2.15. The number of phenolic OH excluding ortho intramolecular Hbond substituents is 11. The quantitative estimate of drug-likeness (QED) is 0.187. The molecule has 0 bridgehead atoms. The molecular weight excluding hydrogens is 448 g/mol. The molecule has 0 aromatic heterocycles. The molecule has 0 aliphatic carbocycles. The fourth-order valence-electron chi connectivity index (χ4n) is 2.79. The molecule has 3 aromatic carbocycles. The summed E-state index contributed by atoms with van der Waals surface area (Å²) in [5, 5.41) is 108. The Labute approximate surface area is 162 Å². The van der Waals surface area contributed by atoms with Gasteiger partial charge in [-0.1, -0.05) is 0 Å². The molecule has 11 nitrogen and oxygen atoms in total. The lowest BCUT2D eigenvalue weighted by molar-refractivity contribution is 0.346. The molecule has 11 N–H and O–H groups in total. The van der Waals surface area contributed by atoms with Gasteiger partial charge in [-0.15, -0.1) is 0 Å². The minimum atomic E-state index is -1.32. The lowest BCUT2D eigenvalue weighted by Crippen LogP contribution is -1.91. The summed E-state index contributed by atoms with van der Waals surface area (Å²) >= 11 is 2.69. The van der Waals surface area contributed by atoms with Crippen molar-refractivity contribution in [3.05, 3.63) is 4.47 Å². The van der Waals surface area contributed by atoms with Gasteiger partial charge in [-0.25, -0.2) is 0 Å². The van der Waals surface area contributed by atoms with Crippen molar-refractivity contribution in [3.8, 4) is 74.4 Å². The van der Waals surface area contributed by atoms with Gasteiger partial charge in [-0.2, -0.15) is 0 Å². The molecule has 0 aliphatic heterocycles. The van der Waals surface area contributed by atoms with Crippen LogP contribution in [0.4, 0.5) is 0 Å². The van der Waals surface area contributed by atoms with E-state index in [0.29, 0.717) is 0 Å². The number of hydrogen-bond donors (Lipinski definition) is 11. The minimum absolute atomic E-state index is 0.536. The second-order valence-corrected chi connectivity index (χ2v) is 6.44. The molecule has 0 spiro atoms. The van der Waals surface area contributed by atoms with Crippen molar-refractivity contribution in [2.75, 3.05) is 0 Å². The average Bonchev–Trinajstić information content (AvgIpc) is 2.67. The lowest BCUT2D eigenvalue weighted by atomic mass is 9.92. The van der Waals surface area contributed by atoms with Gasteiger partial charge in [0.2, 0.25) is 17.2 Å². The Morgan fingerprint density at radius 2 is 0.643 bits per heavy atom. The van der Waals surface area contributed by atoms with Crippen LogP contribution in [0.5, 0.6) is 63.2 Å². The van der Waals surface area contributed by atoms with Crippen LogP contribution in [0.15, 0.2) is 4.47 Å². The first kappa shape index (κ1) is 19.0. The van der Waals surface area contributed by atoms with Gasteiger partial charge in [-0.3, -0.25) is 0 Å². The minimum Gasteiger partial charge on any atom is -0.504 e. The molecule has 0 radical (unpaired) electrons. The highest BCUT2D eigenvalue weighted by Crippen LogP contribution is 2.63. The van der Waals surface area contributed by atoms with E-state index in [9.17, 15) is 56.2 Å². The van der Waals surface area contributed by atoms with Crippen LogP contribution >= 0.6 is 15.9 Å². The van der Waals surface area contributed by atoms with E-state index in [0.717, 1.165) is 0 Å². The van der Waals surface area contributed by atoms with Crippen molar-refractivity contribution < 1.29 is 56.2 Å². The summed E-state index contributed by atoms with van der Waals surface area (Å²) in [5.74, 6) is -13.2. The number of hydrogen-bond acceptors (Lipinski definition) is 11. The lowest BCUT2D eigenvalue weighted by Gasteiger charge is -2.19. The zero-order chi connectivity index (χ0) is 21.2. The third-order valence-electron chi connectivity index (χ3n) is 4.16. The zero-order valence-corrected chi connectivity index (χ0v) is 14.9. The Morgan fingerprint density at radius 3 is 1.07 bits per heavy atom. The number of benzene rings is 3. The topological polar surface area (TPSA) is 223 Å². The van der Waals surface area contributed by atoms with E-state index in [1.54, 1.807) is 0 Å². The molecule has 0 unspecified atom stereocenters. The molecule has 0 aliphatic rings. The van der Waals surface area contributed by atoms with E-state index < -0.39 is 89.6 Å². The van der Waals surface area contributed by atoms with E-state index in [4.69, 9.17) is 0 Å². The van der Waals surface area contributed by atoms with Gasteiger partial charge >= 0.3 is 0 Å². The molecule has 0 atom stereocenters. The summed E-state index contributed by atoms with van der Waals surface area (Å²) in [6, 6.07) is 0. The van der Waals surface area contributed by atoms with Gasteiger partial charge in [0.05, 0.1) is 10.9 Å². The smallest absolute Gasteiger partial charge is 0.205 e. The molecule has 0 saturated carbocycles. The van der Waals surface area contributed by atoms with Crippen molar-refractivity contribution in [1.29, 1.82) is 0 Å². The van der Waals surface area contributed by atoms with E-state index >= 15 is 0 Å². The van der Waals surface area contributed by atoms with E-state index in [-0.39, 0.29) is 0 Å². The summed E-state index contributed by atoms with van der Waals surface area (Å²) in [6.45, 7) is 0. The van der Waals surface area contributed by atoms with Crippen LogP contribution in [0.3, 0.4) is 0 Å². The molecule has 3 rings (SSSR count). The number of phenols is 11. The third-order valence-corrected chi connectivity index (χ3v) is 4.91. The standard InChI is InChI=1S/C16H11BrO11/c17-5-12(24)8(20)3(9(21)13(5)25)1-2-4(10(22)14(26)6(1)18)11(23)16(28)15(27)7(2)19/h18-28H. The van der Waals surface area contributed by atoms with Crippen molar-refractivity contribution in [1.82, 2.24) is 0 Å². The highest BCUT2D eigenvalue weighted by atomic mass is 79.9. The molecule has 0 saturated heterocycles. The zero-order valence-electron chi connectivity index (χ0n) is 13.3. The van der Waals surface area contributed by atoms with Crippen LogP contribution in [-0.4, -0.2) is 56.2 Å². The molecule has 0 fully saturated rings. The summed E-state index contributed by atoms with van der Waals surface area (Å²) in [4.78, 5) is 0. The van der Waals surface area contributed by atoms with Gasteiger partial charge in [-0.05, 0) is 15.9 Å². The van der Waals surface area contributed by atoms with E-state index in [2.05, 4.69) is 15.9 Å². The van der Waals surface area contributed by atoms with Crippen LogP contribution < -0.4 is 0 Å². The Bertz CT molecular complexity index is 1150. The van der Waals surface area contributed by atoms with Crippen molar-refractivity contribution >= 4 is 26.7 Å². The monoisotopic (exact) mass is 458 g/mol. The maximum Gasteiger partial charge on any atom is 0.205 e. The predicted molar refractivity (Wildman–Crippen MR) is 95.4 cm³/mol. The fourth-order valence-corrected chi connectivity index (χ4v) is 3.16. The van der Waals surface area contributed by atoms with Crippen LogP contribution in [0, 0.1) is 0 Å². The SMILES string of the molecule is Oc1c(O)c(-c2c(O)c(O)c(O)c3c(O)c(O)c(O)c(O)c23)c(O)c(O)c1Br. The number of rotatable bonds is 1. The maximum absolute atomic E-state index is 10.3. The number of halogens is 1. The van der Waals surface area contributed by atoms with E-state index in [1.165, 1.54) is 0 Å². The highest BCUT2D eigenvalue weighted by molar-refractivity contribution is 9.10. The first-order valence-corrected chi connectivity index (χ1v) is 7.94. The first-order chi connectivity index (χ1) is 12.9. The van der Waals surface area contributed by atoms with Gasteiger partial charge in [0, 0.05) is 10.9 Å². The van der Waals surface area contributed by atoms with Crippen molar-refractivity contribution in [3.63, 3.8) is 0 Å². The normalized spacial score (nSPS) is 11.2. The predicted octanol–water partition coefficient (Wildman–Crippen LogP) is 2.03. The summed E-state index contributed by atoms with van der Waals surface area (Å²) in [7, 11) is 0. The summed E-state index contributed by atoms with van der Waals surface area (Å²) in [5.41, 5.74) is -1.86. The largest absolute Gasteiger partial charge is 0.504 e. The summed E-state index contributed by atoms with van der Waals surface area (Å²) in [6.07, 6.45) is 0. The molecular formula is C16H11BrO11.